The van der Waals surface area contributed by atoms with Gasteiger partial charge in [-0.3, -0.25) is 14.7 Å². The predicted molar refractivity (Wildman–Crippen MR) is 97.5 cm³/mol. The van der Waals surface area contributed by atoms with Crippen LogP contribution in [-0.4, -0.2) is 76.2 Å². The van der Waals surface area contributed by atoms with E-state index in [1.165, 1.54) is 0 Å². The smallest absolute Gasteiger partial charge is 0.224 e. The molecule has 2 aliphatic rings. The number of imidazole rings is 1. The minimum atomic E-state index is -0.0117. The van der Waals surface area contributed by atoms with Crippen molar-refractivity contribution in [2.45, 2.75) is 31.0 Å². The van der Waals surface area contributed by atoms with E-state index in [0.717, 1.165) is 30.9 Å². The van der Waals surface area contributed by atoms with Crippen molar-refractivity contribution >= 4 is 5.91 Å². The molecule has 2 aromatic heterocycles. The van der Waals surface area contributed by atoms with E-state index in [4.69, 9.17) is 4.74 Å². The number of carbonyl (C=O) groups is 1. The highest BCUT2D eigenvalue weighted by Crippen LogP contribution is 2.33. The molecule has 0 saturated carbocycles. The topological polar surface area (TPSA) is 63.5 Å². The van der Waals surface area contributed by atoms with Crippen LogP contribution in [0.1, 0.15) is 18.9 Å². The largest absolute Gasteiger partial charge is 0.375 e. The number of hydrogen-bond donors (Lipinski definition) is 0. The zero-order valence-electron chi connectivity index (χ0n) is 15.3. The molecule has 2 saturated heterocycles. The molecule has 2 fully saturated rings. The Hall–Kier alpha value is -2.25. The zero-order chi connectivity index (χ0) is 18.1. The molecule has 4 heterocycles. The third-order valence-corrected chi connectivity index (χ3v) is 5.37. The second-order valence-electron chi connectivity index (χ2n) is 7.34. The highest BCUT2D eigenvalue weighted by atomic mass is 16.5. The average Bonchev–Trinajstić information content (AvgIpc) is 3.28. The summed E-state index contributed by atoms with van der Waals surface area (Å²) in [6, 6.07) is 4.77. The molecule has 26 heavy (non-hydrogen) atoms. The van der Waals surface area contributed by atoms with Gasteiger partial charge in [-0.15, -0.1) is 0 Å². The van der Waals surface area contributed by atoms with Crippen LogP contribution in [0.4, 0.5) is 0 Å². The second-order valence-corrected chi connectivity index (χ2v) is 7.34. The first-order chi connectivity index (χ1) is 12.6. The molecule has 7 nitrogen and oxygen atoms in total. The SMILES string of the molecule is CN(C)C(=O)C[C@H]1CN2C[C@H](n3ccnc3-c3ccncc3)C[C@H]2CO1. The van der Waals surface area contributed by atoms with Crippen LogP contribution in [-0.2, 0) is 9.53 Å². The minimum absolute atomic E-state index is 0.0117. The number of ether oxygens (including phenoxy) is 1. The quantitative estimate of drug-likeness (QED) is 0.830. The van der Waals surface area contributed by atoms with E-state index in [2.05, 4.69) is 25.6 Å². The van der Waals surface area contributed by atoms with E-state index in [1.807, 2.05) is 18.3 Å². The van der Waals surface area contributed by atoms with E-state index in [0.29, 0.717) is 25.1 Å². The highest BCUT2D eigenvalue weighted by molar-refractivity contribution is 5.76. The third kappa shape index (κ3) is 3.37. The fraction of sp³-hybridized carbons (Fsp3) is 0.526. The van der Waals surface area contributed by atoms with Gasteiger partial charge in [0.05, 0.1) is 19.1 Å². The third-order valence-electron chi connectivity index (χ3n) is 5.37. The fourth-order valence-corrected chi connectivity index (χ4v) is 3.95. The summed E-state index contributed by atoms with van der Waals surface area (Å²) in [7, 11) is 3.58. The minimum Gasteiger partial charge on any atom is -0.375 e. The Labute approximate surface area is 153 Å². The van der Waals surface area contributed by atoms with Crippen LogP contribution in [0.15, 0.2) is 36.9 Å². The summed E-state index contributed by atoms with van der Waals surface area (Å²) in [5, 5.41) is 0. The lowest BCUT2D eigenvalue weighted by atomic mass is 10.1. The Bertz CT molecular complexity index is 760. The van der Waals surface area contributed by atoms with E-state index in [9.17, 15) is 4.79 Å². The molecule has 2 aromatic rings. The van der Waals surface area contributed by atoms with Gasteiger partial charge in [-0.05, 0) is 18.6 Å². The molecule has 0 radical (unpaired) electrons. The Morgan fingerprint density at radius 2 is 2.04 bits per heavy atom. The molecule has 0 bridgehead atoms. The van der Waals surface area contributed by atoms with Gasteiger partial charge >= 0.3 is 0 Å². The molecule has 138 valence electrons. The normalized spacial score (nSPS) is 25.8. The molecule has 1 amide bonds. The molecular weight excluding hydrogens is 330 g/mol. The Morgan fingerprint density at radius 1 is 1.23 bits per heavy atom. The summed E-state index contributed by atoms with van der Waals surface area (Å²) >= 11 is 0. The number of nitrogens with zero attached hydrogens (tertiary/aromatic N) is 5. The lowest BCUT2D eigenvalue weighted by Crippen LogP contribution is -2.47. The number of pyridine rings is 1. The molecule has 3 atom stereocenters. The Balaban J connectivity index is 1.45. The van der Waals surface area contributed by atoms with Crippen molar-refractivity contribution in [1.29, 1.82) is 0 Å². The van der Waals surface area contributed by atoms with Gasteiger partial charge < -0.3 is 14.2 Å². The molecule has 4 rings (SSSR count). The van der Waals surface area contributed by atoms with Gasteiger partial charge in [0.1, 0.15) is 5.82 Å². The van der Waals surface area contributed by atoms with Crippen molar-refractivity contribution in [3.63, 3.8) is 0 Å². The van der Waals surface area contributed by atoms with E-state index in [-0.39, 0.29) is 12.0 Å². The number of rotatable bonds is 4. The van der Waals surface area contributed by atoms with E-state index < -0.39 is 0 Å². The number of morpholine rings is 1. The van der Waals surface area contributed by atoms with Gasteiger partial charge in [-0.2, -0.15) is 0 Å². The predicted octanol–water partition coefficient (Wildman–Crippen LogP) is 1.44. The fourth-order valence-electron chi connectivity index (χ4n) is 3.95. The number of carbonyl (C=O) groups excluding carboxylic acids is 1. The summed E-state index contributed by atoms with van der Waals surface area (Å²) in [5.41, 5.74) is 1.08. The van der Waals surface area contributed by atoms with Crippen LogP contribution >= 0.6 is 0 Å². The van der Waals surface area contributed by atoms with Crippen molar-refractivity contribution in [1.82, 2.24) is 24.3 Å². The molecule has 7 heteroatoms. The maximum atomic E-state index is 12.0. The van der Waals surface area contributed by atoms with Crippen LogP contribution in [0.5, 0.6) is 0 Å². The summed E-state index contributed by atoms with van der Waals surface area (Å²) in [5.74, 6) is 1.11. The van der Waals surface area contributed by atoms with Crippen molar-refractivity contribution < 1.29 is 9.53 Å². The van der Waals surface area contributed by atoms with Crippen molar-refractivity contribution in [2.24, 2.45) is 0 Å². The van der Waals surface area contributed by atoms with Gasteiger partial charge in [0.25, 0.3) is 0 Å². The van der Waals surface area contributed by atoms with Crippen LogP contribution in [0, 0.1) is 0 Å². The molecule has 0 spiro atoms. The summed E-state index contributed by atoms with van der Waals surface area (Å²) in [4.78, 5) is 24.7. The lowest BCUT2D eigenvalue weighted by Gasteiger charge is -2.35. The summed E-state index contributed by atoms with van der Waals surface area (Å²) in [6.07, 6.45) is 9.01. The standard InChI is InChI=1S/C19H25N5O2/c1-22(2)18(25)10-17-12-23-11-15(9-16(23)13-26-17)24-8-7-21-19(24)14-3-5-20-6-4-14/h3-8,15-17H,9-13H2,1-2H3/t15-,16+,17+/m1/s1. The van der Waals surface area contributed by atoms with Crippen LogP contribution in [0.25, 0.3) is 11.4 Å². The number of fused-ring (bicyclic) bond motifs is 1. The van der Waals surface area contributed by atoms with Gasteiger partial charge in [0, 0.05) is 69.6 Å². The van der Waals surface area contributed by atoms with Crippen molar-refractivity contribution in [3.8, 4) is 11.4 Å². The average molecular weight is 355 g/mol. The number of amides is 1. The number of aromatic nitrogens is 3. The highest BCUT2D eigenvalue weighted by Gasteiger charge is 2.39. The monoisotopic (exact) mass is 355 g/mol. The molecular formula is C19H25N5O2. The summed E-state index contributed by atoms with van der Waals surface area (Å²) < 4.78 is 8.24. The van der Waals surface area contributed by atoms with Crippen molar-refractivity contribution in [2.75, 3.05) is 33.8 Å². The molecule has 2 aliphatic heterocycles. The van der Waals surface area contributed by atoms with Crippen LogP contribution in [0.3, 0.4) is 0 Å². The van der Waals surface area contributed by atoms with Gasteiger partial charge in [-0.25, -0.2) is 4.98 Å². The van der Waals surface area contributed by atoms with Crippen LogP contribution < -0.4 is 0 Å². The Morgan fingerprint density at radius 3 is 2.81 bits per heavy atom. The maximum Gasteiger partial charge on any atom is 0.224 e. The Kier molecular flexibility index (Phi) is 4.74. The first-order valence-corrected chi connectivity index (χ1v) is 9.11. The van der Waals surface area contributed by atoms with Gasteiger partial charge in [0.2, 0.25) is 5.91 Å². The zero-order valence-corrected chi connectivity index (χ0v) is 15.3. The van der Waals surface area contributed by atoms with Crippen molar-refractivity contribution in [3.05, 3.63) is 36.9 Å². The van der Waals surface area contributed by atoms with E-state index in [1.54, 1.807) is 31.4 Å². The summed E-state index contributed by atoms with van der Waals surface area (Å²) in [6.45, 7) is 2.48. The molecule has 0 N–H and O–H groups in total. The number of hydrogen-bond acceptors (Lipinski definition) is 5. The van der Waals surface area contributed by atoms with Gasteiger partial charge in [0.15, 0.2) is 0 Å². The maximum absolute atomic E-state index is 12.0. The molecule has 0 unspecified atom stereocenters. The van der Waals surface area contributed by atoms with Crippen LogP contribution in [0.2, 0.25) is 0 Å². The first kappa shape index (κ1) is 17.2. The molecule has 0 aromatic carbocycles. The van der Waals surface area contributed by atoms with Gasteiger partial charge in [-0.1, -0.05) is 0 Å². The first-order valence-electron chi connectivity index (χ1n) is 9.11. The lowest BCUT2D eigenvalue weighted by molar-refractivity contribution is -0.134. The second kappa shape index (κ2) is 7.17. The van der Waals surface area contributed by atoms with E-state index >= 15 is 0 Å². The molecule has 0 aliphatic carbocycles.